The van der Waals surface area contributed by atoms with Gasteiger partial charge >= 0.3 is 0 Å². The molecule has 21 heavy (non-hydrogen) atoms. The van der Waals surface area contributed by atoms with Crippen molar-refractivity contribution in [2.45, 2.75) is 25.8 Å². The summed E-state index contributed by atoms with van der Waals surface area (Å²) in [7, 11) is 1.67. The Labute approximate surface area is 125 Å². The smallest absolute Gasteiger partial charge is 0.220 e. The number of aromatic nitrogens is 1. The highest BCUT2D eigenvalue weighted by Crippen LogP contribution is 2.17. The summed E-state index contributed by atoms with van der Waals surface area (Å²) in [5.41, 5.74) is 1.12. The van der Waals surface area contributed by atoms with E-state index >= 15 is 0 Å². The number of carbonyl (C=O) groups excluding carboxylic acids is 1. The zero-order chi connectivity index (χ0) is 14.9. The molecule has 0 bridgehead atoms. The lowest BCUT2D eigenvalue weighted by molar-refractivity contribution is -0.121. The molecule has 0 unspecified atom stereocenters. The highest BCUT2D eigenvalue weighted by Gasteiger charge is 2.04. The third-order valence-corrected chi connectivity index (χ3v) is 3.40. The van der Waals surface area contributed by atoms with Gasteiger partial charge in [0, 0.05) is 31.9 Å². The van der Waals surface area contributed by atoms with E-state index in [-0.39, 0.29) is 5.91 Å². The minimum atomic E-state index is 0.108. The number of ether oxygens (including phenoxy) is 1. The van der Waals surface area contributed by atoms with Gasteiger partial charge in [-0.15, -0.1) is 0 Å². The summed E-state index contributed by atoms with van der Waals surface area (Å²) in [5, 5.41) is 2.96. The molecule has 0 aliphatic rings. The molecule has 0 radical (unpaired) electrons. The summed E-state index contributed by atoms with van der Waals surface area (Å²) < 4.78 is 7.38. The Morgan fingerprint density at radius 3 is 2.71 bits per heavy atom. The molecule has 1 aromatic heterocycles. The maximum atomic E-state index is 11.8. The predicted octanol–water partition coefficient (Wildman–Crippen LogP) is 2.64. The molecule has 2 aromatic rings. The zero-order valence-corrected chi connectivity index (χ0v) is 12.4. The van der Waals surface area contributed by atoms with Crippen LogP contribution in [0, 0.1) is 0 Å². The third-order valence-electron chi connectivity index (χ3n) is 3.40. The van der Waals surface area contributed by atoms with Crippen LogP contribution in [0.15, 0.2) is 48.8 Å². The second kappa shape index (κ2) is 8.15. The monoisotopic (exact) mass is 286 g/mol. The molecule has 0 aliphatic carbocycles. The standard InChI is InChI=1S/C17H22N2O2/c1-21-16-8-3-2-7-15(16)10-11-18-17(20)9-6-14-19-12-4-5-13-19/h2-5,7-8,12-13H,6,9-11,14H2,1H3,(H,18,20). The highest BCUT2D eigenvalue weighted by molar-refractivity contribution is 5.75. The number of para-hydroxylation sites is 1. The third kappa shape index (κ3) is 4.99. The summed E-state index contributed by atoms with van der Waals surface area (Å²) >= 11 is 0. The second-order valence-electron chi connectivity index (χ2n) is 4.94. The topological polar surface area (TPSA) is 43.3 Å². The van der Waals surface area contributed by atoms with Gasteiger partial charge in [-0.3, -0.25) is 4.79 Å². The minimum Gasteiger partial charge on any atom is -0.496 e. The van der Waals surface area contributed by atoms with Crippen LogP contribution in [0.1, 0.15) is 18.4 Å². The van der Waals surface area contributed by atoms with Crippen LogP contribution in [-0.4, -0.2) is 24.1 Å². The van der Waals surface area contributed by atoms with Crippen LogP contribution in [-0.2, 0) is 17.8 Å². The molecule has 0 atom stereocenters. The number of hydrogen-bond acceptors (Lipinski definition) is 2. The molecule has 0 saturated carbocycles. The molecule has 1 aromatic carbocycles. The first-order valence-electron chi connectivity index (χ1n) is 7.29. The number of benzene rings is 1. The molecule has 0 fully saturated rings. The zero-order valence-electron chi connectivity index (χ0n) is 12.4. The molecule has 1 amide bonds. The van der Waals surface area contributed by atoms with E-state index in [0.717, 1.165) is 30.7 Å². The summed E-state index contributed by atoms with van der Waals surface area (Å²) in [4.78, 5) is 11.8. The highest BCUT2D eigenvalue weighted by atomic mass is 16.5. The van der Waals surface area contributed by atoms with E-state index in [4.69, 9.17) is 4.74 Å². The Bertz CT molecular complexity index is 550. The van der Waals surface area contributed by atoms with Crippen LogP contribution in [0.2, 0.25) is 0 Å². The number of nitrogens with one attached hydrogen (secondary N) is 1. The SMILES string of the molecule is COc1ccccc1CCNC(=O)CCCn1cccc1. The first-order valence-corrected chi connectivity index (χ1v) is 7.29. The maximum absolute atomic E-state index is 11.8. The summed E-state index contributed by atoms with van der Waals surface area (Å²) in [5.74, 6) is 0.983. The first kappa shape index (κ1) is 15.2. The van der Waals surface area contributed by atoms with E-state index in [2.05, 4.69) is 9.88 Å². The average Bonchev–Trinajstić information content (AvgIpc) is 3.01. The molecule has 4 nitrogen and oxygen atoms in total. The quantitative estimate of drug-likeness (QED) is 0.810. The number of carbonyl (C=O) groups is 1. The molecular formula is C17H22N2O2. The molecule has 0 aliphatic heterocycles. The lowest BCUT2D eigenvalue weighted by Crippen LogP contribution is -2.25. The van der Waals surface area contributed by atoms with Crippen molar-refractivity contribution in [1.29, 1.82) is 0 Å². The van der Waals surface area contributed by atoms with E-state index in [0.29, 0.717) is 13.0 Å². The molecule has 1 N–H and O–H groups in total. The molecule has 0 spiro atoms. The fourth-order valence-corrected chi connectivity index (χ4v) is 2.28. The molecule has 0 saturated heterocycles. The predicted molar refractivity (Wildman–Crippen MR) is 83.4 cm³/mol. The van der Waals surface area contributed by atoms with E-state index in [1.807, 2.05) is 48.8 Å². The summed E-state index contributed by atoms with van der Waals surface area (Å²) in [6, 6.07) is 11.9. The van der Waals surface area contributed by atoms with Crippen LogP contribution < -0.4 is 10.1 Å². The molecule has 1 heterocycles. The van der Waals surface area contributed by atoms with Crippen molar-refractivity contribution in [3.05, 3.63) is 54.4 Å². The van der Waals surface area contributed by atoms with Gasteiger partial charge in [0.2, 0.25) is 5.91 Å². The fourth-order valence-electron chi connectivity index (χ4n) is 2.28. The summed E-state index contributed by atoms with van der Waals surface area (Å²) in [6.07, 6.45) is 6.23. The van der Waals surface area contributed by atoms with Crippen LogP contribution in [0.25, 0.3) is 0 Å². The van der Waals surface area contributed by atoms with E-state index in [9.17, 15) is 4.79 Å². The molecular weight excluding hydrogens is 264 g/mol. The summed E-state index contributed by atoms with van der Waals surface area (Å²) in [6.45, 7) is 1.52. The van der Waals surface area contributed by atoms with Crippen LogP contribution >= 0.6 is 0 Å². The Kier molecular flexibility index (Phi) is 5.88. The van der Waals surface area contributed by atoms with Crippen molar-refractivity contribution >= 4 is 5.91 Å². The van der Waals surface area contributed by atoms with Gasteiger partial charge in [0.15, 0.2) is 0 Å². The molecule has 112 valence electrons. The van der Waals surface area contributed by atoms with Gasteiger partial charge in [0.25, 0.3) is 0 Å². The van der Waals surface area contributed by atoms with Gasteiger partial charge < -0.3 is 14.6 Å². The largest absolute Gasteiger partial charge is 0.496 e. The van der Waals surface area contributed by atoms with E-state index in [1.165, 1.54) is 0 Å². The van der Waals surface area contributed by atoms with E-state index in [1.54, 1.807) is 7.11 Å². The Hall–Kier alpha value is -2.23. The van der Waals surface area contributed by atoms with Crippen LogP contribution in [0.3, 0.4) is 0 Å². The van der Waals surface area contributed by atoms with Crippen molar-refractivity contribution < 1.29 is 9.53 Å². The number of amides is 1. The van der Waals surface area contributed by atoms with Gasteiger partial charge in [-0.05, 0) is 36.6 Å². The maximum Gasteiger partial charge on any atom is 0.220 e. The lowest BCUT2D eigenvalue weighted by atomic mass is 10.1. The van der Waals surface area contributed by atoms with Crippen molar-refractivity contribution in [3.63, 3.8) is 0 Å². The van der Waals surface area contributed by atoms with Gasteiger partial charge in [0.1, 0.15) is 5.75 Å². The van der Waals surface area contributed by atoms with Crippen molar-refractivity contribution in [2.75, 3.05) is 13.7 Å². The van der Waals surface area contributed by atoms with E-state index < -0.39 is 0 Å². The normalized spacial score (nSPS) is 10.3. The van der Waals surface area contributed by atoms with Crippen LogP contribution in [0.4, 0.5) is 0 Å². The fraction of sp³-hybridized carbons (Fsp3) is 0.353. The Morgan fingerprint density at radius 2 is 1.95 bits per heavy atom. The van der Waals surface area contributed by atoms with Gasteiger partial charge in [-0.25, -0.2) is 0 Å². The van der Waals surface area contributed by atoms with Gasteiger partial charge in [-0.1, -0.05) is 18.2 Å². The Balaban J connectivity index is 1.65. The molecule has 4 heteroatoms. The van der Waals surface area contributed by atoms with Crippen molar-refractivity contribution in [2.24, 2.45) is 0 Å². The average molecular weight is 286 g/mol. The van der Waals surface area contributed by atoms with Crippen molar-refractivity contribution in [3.8, 4) is 5.75 Å². The van der Waals surface area contributed by atoms with Crippen molar-refractivity contribution in [1.82, 2.24) is 9.88 Å². The van der Waals surface area contributed by atoms with Gasteiger partial charge in [0.05, 0.1) is 7.11 Å². The van der Waals surface area contributed by atoms with Gasteiger partial charge in [-0.2, -0.15) is 0 Å². The Morgan fingerprint density at radius 1 is 1.19 bits per heavy atom. The molecule has 2 rings (SSSR count). The second-order valence-corrected chi connectivity index (χ2v) is 4.94. The number of rotatable bonds is 8. The number of aryl methyl sites for hydroxylation is 1. The number of hydrogen-bond donors (Lipinski definition) is 1. The van der Waals surface area contributed by atoms with Crippen LogP contribution in [0.5, 0.6) is 5.75 Å². The number of nitrogens with zero attached hydrogens (tertiary/aromatic N) is 1. The lowest BCUT2D eigenvalue weighted by Gasteiger charge is -2.09. The number of methoxy groups -OCH3 is 1. The first-order chi connectivity index (χ1) is 10.3. The minimum absolute atomic E-state index is 0.108.